The minimum absolute atomic E-state index is 0.0158. The van der Waals surface area contributed by atoms with Crippen LogP contribution in [0.5, 0.6) is 0 Å². The Hall–Kier alpha value is -5.41. The molecule has 0 spiro atoms. The molecule has 5 heterocycles. The number of aromatic nitrogens is 3. The van der Waals surface area contributed by atoms with Crippen LogP contribution in [0.1, 0.15) is 85.8 Å². The number of anilines is 2. The van der Waals surface area contributed by atoms with Crippen molar-refractivity contribution in [2.45, 2.75) is 82.6 Å². The average Bonchev–Trinajstić information content (AvgIpc) is 4.11. The number of allylic oxidation sites excluding steroid dienone is 1. The van der Waals surface area contributed by atoms with Crippen molar-refractivity contribution in [3.05, 3.63) is 83.0 Å². The number of nitrogens with zero attached hydrogens (tertiary/aromatic N) is 6. The van der Waals surface area contributed by atoms with E-state index in [2.05, 4.69) is 50.5 Å². The van der Waals surface area contributed by atoms with E-state index in [1.807, 2.05) is 30.5 Å². The minimum Gasteiger partial charge on any atom is -0.393 e. The number of para-hydroxylation sites is 1. The monoisotopic (exact) mass is 749 g/mol. The highest BCUT2D eigenvalue weighted by Gasteiger charge is 2.38. The first-order chi connectivity index (χ1) is 26.6. The number of likely N-dealkylation sites (tertiary alicyclic amines) is 2. The van der Waals surface area contributed by atoms with Gasteiger partial charge in [0.05, 0.1) is 52.8 Å². The second-order valence-corrected chi connectivity index (χ2v) is 15.6. The SMILES string of the molecule is CC[C@@H]1c2c(cnn2C2CN(Cc3cccc(C(=O)N4CCC(O)CC4)n3)C2)-c2cccc(NC(/C=C(\N)NC(=O)C3CC3)=C(/N)C(=O)NC3CC3)c2N1C. The van der Waals surface area contributed by atoms with Crippen LogP contribution in [-0.4, -0.2) is 92.8 Å². The minimum atomic E-state index is -0.388. The summed E-state index contributed by atoms with van der Waals surface area (Å²) in [6, 6.07) is 11.9. The van der Waals surface area contributed by atoms with E-state index in [0.29, 0.717) is 43.9 Å². The number of hydrogen-bond acceptors (Lipinski definition) is 11. The summed E-state index contributed by atoms with van der Waals surface area (Å²) in [7, 11) is 2.07. The van der Waals surface area contributed by atoms with E-state index in [-0.39, 0.29) is 59.4 Å². The molecule has 290 valence electrons. The van der Waals surface area contributed by atoms with Crippen LogP contribution >= 0.6 is 0 Å². The third-order valence-electron chi connectivity index (χ3n) is 11.4. The number of nitrogens with two attached hydrogens (primary N) is 2. The predicted molar refractivity (Wildman–Crippen MR) is 208 cm³/mol. The molecule has 3 amide bonds. The molecule has 3 aliphatic heterocycles. The fraction of sp³-hybridized carbons (Fsp3) is 0.475. The van der Waals surface area contributed by atoms with E-state index < -0.39 is 0 Å². The van der Waals surface area contributed by atoms with Gasteiger partial charge in [-0.3, -0.25) is 24.0 Å². The van der Waals surface area contributed by atoms with Crippen molar-refractivity contribution >= 4 is 29.1 Å². The first kappa shape index (κ1) is 36.6. The largest absolute Gasteiger partial charge is 0.393 e. The third-order valence-corrected chi connectivity index (χ3v) is 11.4. The summed E-state index contributed by atoms with van der Waals surface area (Å²) < 4.78 is 2.18. The fourth-order valence-corrected chi connectivity index (χ4v) is 7.94. The smallest absolute Gasteiger partial charge is 0.272 e. The van der Waals surface area contributed by atoms with E-state index in [4.69, 9.17) is 21.5 Å². The molecule has 55 heavy (non-hydrogen) atoms. The van der Waals surface area contributed by atoms with Crippen LogP contribution in [-0.2, 0) is 16.1 Å². The zero-order valence-corrected chi connectivity index (χ0v) is 31.5. The number of rotatable bonds is 12. The Balaban J connectivity index is 1.01. The van der Waals surface area contributed by atoms with Crippen molar-refractivity contribution in [1.82, 2.24) is 35.2 Å². The lowest BCUT2D eigenvalue weighted by Gasteiger charge is -2.43. The highest BCUT2D eigenvalue weighted by atomic mass is 16.3. The van der Waals surface area contributed by atoms with Crippen LogP contribution in [0.3, 0.4) is 0 Å². The number of aliphatic hydroxyl groups is 1. The Kier molecular flexibility index (Phi) is 9.99. The Morgan fingerprint density at radius 1 is 0.982 bits per heavy atom. The summed E-state index contributed by atoms with van der Waals surface area (Å²) in [6.45, 7) is 5.49. The number of carbonyl (C=O) groups excluding carboxylic acids is 3. The van der Waals surface area contributed by atoms with Crippen molar-refractivity contribution < 1.29 is 19.5 Å². The van der Waals surface area contributed by atoms with Crippen LogP contribution in [0.4, 0.5) is 11.4 Å². The summed E-state index contributed by atoms with van der Waals surface area (Å²) >= 11 is 0. The summed E-state index contributed by atoms with van der Waals surface area (Å²) in [5.74, 6) is -0.528. The number of pyridine rings is 1. The Bertz CT molecular complexity index is 2040. The molecular formula is C40H51N11O4. The second kappa shape index (κ2) is 15.0. The quantitative estimate of drug-likeness (QED) is 0.118. The molecule has 1 aromatic carbocycles. The van der Waals surface area contributed by atoms with E-state index >= 15 is 0 Å². The molecule has 2 aromatic heterocycles. The van der Waals surface area contributed by atoms with Crippen molar-refractivity contribution in [3.63, 3.8) is 0 Å². The Morgan fingerprint density at radius 2 is 1.73 bits per heavy atom. The molecule has 3 aromatic rings. The van der Waals surface area contributed by atoms with Gasteiger partial charge < -0.3 is 42.3 Å². The van der Waals surface area contributed by atoms with Gasteiger partial charge in [-0.2, -0.15) is 5.10 Å². The zero-order valence-electron chi connectivity index (χ0n) is 31.5. The van der Waals surface area contributed by atoms with Crippen molar-refractivity contribution in [1.29, 1.82) is 0 Å². The molecule has 5 aliphatic rings. The van der Waals surface area contributed by atoms with Crippen LogP contribution in [0, 0.1) is 5.92 Å². The molecule has 0 bridgehead atoms. The normalized spacial score (nSPS) is 20.9. The molecule has 8 N–H and O–H groups in total. The molecule has 2 saturated heterocycles. The fourth-order valence-electron chi connectivity index (χ4n) is 7.94. The molecule has 0 radical (unpaired) electrons. The number of carbonyl (C=O) groups is 3. The topological polar surface area (TPSA) is 200 Å². The molecule has 15 heteroatoms. The van der Waals surface area contributed by atoms with E-state index in [1.165, 1.54) is 6.08 Å². The highest BCUT2D eigenvalue weighted by Crippen LogP contribution is 2.49. The molecule has 8 rings (SSSR count). The van der Waals surface area contributed by atoms with Gasteiger partial charge in [-0.05, 0) is 63.1 Å². The van der Waals surface area contributed by atoms with Gasteiger partial charge >= 0.3 is 0 Å². The summed E-state index contributed by atoms with van der Waals surface area (Å²) in [5, 5.41) is 23.9. The first-order valence-corrected chi connectivity index (χ1v) is 19.5. The zero-order chi connectivity index (χ0) is 38.4. The second-order valence-electron chi connectivity index (χ2n) is 15.6. The summed E-state index contributed by atoms with van der Waals surface area (Å²) in [4.78, 5) is 49.8. The maximum absolute atomic E-state index is 13.2. The molecule has 2 saturated carbocycles. The Labute approximate surface area is 320 Å². The third kappa shape index (κ3) is 7.63. The lowest BCUT2D eigenvalue weighted by molar-refractivity contribution is -0.121. The summed E-state index contributed by atoms with van der Waals surface area (Å²) in [6.07, 6.45) is 8.67. The van der Waals surface area contributed by atoms with E-state index in [9.17, 15) is 19.5 Å². The lowest BCUT2D eigenvalue weighted by atomic mass is 9.91. The van der Waals surface area contributed by atoms with Gasteiger partial charge in [0.25, 0.3) is 11.8 Å². The molecular weight excluding hydrogens is 699 g/mol. The standard InChI is InChI=1S/C40H51N11O4/c1-3-33-37-29(19-43-51(37)26-21-49(22-26)20-25-6-4-9-31(44-25)40(55)50-16-14-27(52)15-17-50)28-7-5-8-30(36(28)48(33)2)46-32(35(42)39(54)45-24-12-13-24)18-34(41)47-38(53)23-10-11-23/h4-9,18-19,23-24,26-27,33,46,52H,3,10-17,20-22,41-42H2,1-2H3,(H,45,54)(H,47,53)/b34-18+,35-32+/t33-/m1/s1. The average molecular weight is 750 g/mol. The first-order valence-electron chi connectivity index (χ1n) is 19.5. The number of fused-ring (bicyclic) bond motifs is 3. The molecule has 4 fully saturated rings. The van der Waals surface area contributed by atoms with Crippen LogP contribution in [0.15, 0.2) is 65.9 Å². The van der Waals surface area contributed by atoms with Crippen molar-refractivity contribution in [3.8, 4) is 11.1 Å². The van der Waals surface area contributed by atoms with Crippen LogP contribution in [0.25, 0.3) is 11.1 Å². The van der Waals surface area contributed by atoms with Gasteiger partial charge in [0.2, 0.25) is 5.91 Å². The number of benzene rings is 1. The van der Waals surface area contributed by atoms with Gasteiger partial charge in [-0.15, -0.1) is 0 Å². The molecule has 1 atom stereocenters. The number of nitrogens with one attached hydrogen (secondary N) is 3. The van der Waals surface area contributed by atoms with Gasteiger partial charge in [0, 0.05) is 68.9 Å². The maximum atomic E-state index is 13.2. The summed E-state index contributed by atoms with van der Waals surface area (Å²) in [5.41, 5.74) is 19.3. The van der Waals surface area contributed by atoms with Gasteiger partial charge in [0.15, 0.2) is 0 Å². The number of hydrogen-bond donors (Lipinski definition) is 6. The molecule has 15 nitrogen and oxygen atoms in total. The lowest BCUT2D eigenvalue weighted by Crippen LogP contribution is -2.48. The van der Waals surface area contributed by atoms with Gasteiger partial charge in [-0.1, -0.05) is 25.1 Å². The van der Waals surface area contributed by atoms with E-state index in [1.54, 1.807) is 11.0 Å². The van der Waals surface area contributed by atoms with Crippen LogP contribution in [0.2, 0.25) is 0 Å². The Morgan fingerprint density at radius 3 is 2.44 bits per heavy atom. The molecule has 2 aliphatic carbocycles. The van der Waals surface area contributed by atoms with E-state index in [0.717, 1.165) is 79.1 Å². The highest BCUT2D eigenvalue weighted by molar-refractivity contribution is 5.97. The van der Waals surface area contributed by atoms with Crippen molar-refractivity contribution in [2.24, 2.45) is 17.4 Å². The number of piperidine rings is 1. The number of amides is 3. The maximum Gasteiger partial charge on any atom is 0.272 e. The van der Waals surface area contributed by atoms with Gasteiger partial charge in [-0.25, -0.2) is 4.98 Å². The van der Waals surface area contributed by atoms with Gasteiger partial charge in [0.1, 0.15) is 17.2 Å². The predicted octanol–water partition coefficient (Wildman–Crippen LogP) is 2.69. The molecule has 0 unspecified atom stereocenters. The number of aliphatic hydroxyl groups excluding tert-OH is 1. The van der Waals surface area contributed by atoms with Crippen LogP contribution < -0.4 is 32.3 Å². The van der Waals surface area contributed by atoms with Crippen molar-refractivity contribution in [2.75, 3.05) is 43.4 Å².